The first-order chi connectivity index (χ1) is 10.2. The molecule has 4 rings (SSSR count). The van der Waals surface area contributed by atoms with Gasteiger partial charge in [-0.3, -0.25) is 0 Å². The number of fused-ring (bicyclic) bond motifs is 6. The van der Waals surface area contributed by atoms with Crippen molar-refractivity contribution in [2.24, 2.45) is 0 Å². The highest BCUT2D eigenvalue weighted by molar-refractivity contribution is 14.1. The quantitative estimate of drug-likeness (QED) is 0.212. The van der Waals surface area contributed by atoms with Gasteiger partial charge in [-0.15, -0.1) is 0 Å². The normalized spacial score (nSPS) is 11.5. The molecule has 0 bridgehead atoms. The van der Waals surface area contributed by atoms with E-state index in [4.69, 9.17) is 13.6 Å². The van der Waals surface area contributed by atoms with E-state index in [2.05, 4.69) is 71.1 Å². The lowest BCUT2D eigenvalue weighted by molar-refractivity contribution is 1.75. The number of anilines is 1. The van der Waals surface area contributed by atoms with Crippen molar-refractivity contribution >= 4 is 73.9 Å². The van der Waals surface area contributed by atoms with Gasteiger partial charge in [-0.05, 0) is 49.5 Å². The second-order valence-electron chi connectivity index (χ2n) is 5.21. The maximum absolute atomic E-state index is 6.15. The molecule has 0 spiro atoms. The van der Waals surface area contributed by atoms with E-state index in [-0.39, 0.29) is 0 Å². The molecule has 3 heteroatoms. The van der Waals surface area contributed by atoms with Crippen LogP contribution in [0.5, 0.6) is 0 Å². The molecule has 0 aliphatic heterocycles. The van der Waals surface area contributed by atoms with E-state index in [1.165, 1.54) is 32.3 Å². The highest BCUT2D eigenvalue weighted by Gasteiger charge is 2.13. The van der Waals surface area contributed by atoms with E-state index in [1.807, 2.05) is 6.07 Å². The molecule has 0 fully saturated rings. The lowest BCUT2D eigenvalue weighted by atomic mass is 9.87. The SMILES string of the molecule is [B]c1cc2c3ccccc3c3ccccc3c2c(I)c1N. The number of halogens is 1. The molecule has 0 saturated carbocycles. The lowest BCUT2D eigenvalue weighted by Crippen LogP contribution is -2.12. The van der Waals surface area contributed by atoms with Gasteiger partial charge in [0.2, 0.25) is 0 Å². The Morgan fingerprint density at radius 3 is 1.86 bits per heavy atom. The molecule has 0 atom stereocenters. The molecule has 1 nitrogen and oxygen atoms in total. The molecular weight excluding hydrogens is 368 g/mol. The molecular formula is C18H11BIN. The predicted molar refractivity (Wildman–Crippen MR) is 101 cm³/mol. The molecule has 2 N–H and O–H groups in total. The van der Waals surface area contributed by atoms with Crippen molar-refractivity contribution in [3.8, 4) is 0 Å². The second-order valence-corrected chi connectivity index (χ2v) is 6.29. The van der Waals surface area contributed by atoms with Crippen LogP contribution in [0.3, 0.4) is 0 Å². The van der Waals surface area contributed by atoms with Gasteiger partial charge < -0.3 is 5.73 Å². The monoisotopic (exact) mass is 379 g/mol. The van der Waals surface area contributed by atoms with E-state index >= 15 is 0 Å². The van der Waals surface area contributed by atoms with Crippen LogP contribution in [-0.2, 0) is 0 Å². The first-order valence-corrected chi connectivity index (χ1v) is 7.83. The topological polar surface area (TPSA) is 26.0 Å². The summed E-state index contributed by atoms with van der Waals surface area (Å²) < 4.78 is 1.03. The number of hydrogen-bond donors (Lipinski definition) is 1. The summed E-state index contributed by atoms with van der Waals surface area (Å²) in [6.07, 6.45) is 0. The van der Waals surface area contributed by atoms with Crippen molar-refractivity contribution < 1.29 is 0 Å². The summed E-state index contributed by atoms with van der Waals surface area (Å²) in [5, 5.41) is 7.30. The average Bonchev–Trinajstić information content (AvgIpc) is 2.52. The van der Waals surface area contributed by atoms with Crippen LogP contribution in [0.25, 0.3) is 32.3 Å². The largest absolute Gasteiger partial charge is 0.398 e. The molecule has 98 valence electrons. The predicted octanol–water partition coefficient (Wildman–Crippen LogP) is 4.13. The van der Waals surface area contributed by atoms with Gasteiger partial charge in [0.1, 0.15) is 7.85 Å². The molecule has 21 heavy (non-hydrogen) atoms. The summed E-state index contributed by atoms with van der Waals surface area (Å²) in [5.74, 6) is 0. The highest BCUT2D eigenvalue weighted by Crippen LogP contribution is 2.37. The maximum atomic E-state index is 6.15. The van der Waals surface area contributed by atoms with Crippen molar-refractivity contribution in [2.45, 2.75) is 0 Å². The molecule has 0 aliphatic rings. The fourth-order valence-corrected chi connectivity index (χ4v) is 3.94. The Hall–Kier alpha value is -1.75. The first-order valence-electron chi connectivity index (χ1n) is 6.75. The number of nitrogens with two attached hydrogens (primary N) is 1. The molecule has 4 aromatic rings. The molecule has 0 amide bonds. The Morgan fingerprint density at radius 1 is 0.762 bits per heavy atom. The zero-order chi connectivity index (χ0) is 14.6. The van der Waals surface area contributed by atoms with Gasteiger partial charge >= 0.3 is 0 Å². The van der Waals surface area contributed by atoms with Crippen LogP contribution < -0.4 is 11.2 Å². The van der Waals surface area contributed by atoms with Crippen LogP contribution in [0.1, 0.15) is 0 Å². The summed E-state index contributed by atoms with van der Waals surface area (Å²) in [6.45, 7) is 0. The number of rotatable bonds is 0. The van der Waals surface area contributed by atoms with Crippen LogP contribution >= 0.6 is 22.6 Å². The lowest BCUT2D eigenvalue weighted by Gasteiger charge is -2.14. The molecule has 0 unspecified atom stereocenters. The van der Waals surface area contributed by atoms with Crippen molar-refractivity contribution in [1.82, 2.24) is 0 Å². The molecule has 2 radical (unpaired) electrons. The summed E-state index contributed by atoms with van der Waals surface area (Å²) in [4.78, 5) is 0. The van der Waals surface area contributed by atoms with E-state index in [0.717, 1.165) is 3.57 Å². The third-order valence-corrected chi connectivity index (χ3v) is 5.16. The summed E-state index contributed by atoms with van der Waals surface area (Å²) in [5.41, 5.74) is 7.47. The van der Waals surface area contributed by atoms with E-state index in [0.29, 0.717) is 11.2 Å². The van der Waals surface area contributed by atoms with Gasteiger partial charge in [0.15, 0.2) is 0 Å². The van der Waals surface area contributed by atoms with Crippen LogP contribution in [-0.4, -0.2) is 7.85 Å². The highest BCUT2D eigenvalue weighted by atomic mass is 127. The van der Waals surface area contributed by atoms with Crippen LogP contribution in [0.4, 0.5) is 5.69 Å². The van der Waals surface area contributed by atoms with Gasteiger partial charge in [0.25, 0.3) is 0 Å². The van der Waals surface area contributed by atoms with E-state index in [1.54, 1.807) is 0 Å². The molecule has 0 saturated heterocycles. The molecule has 0 aromatic heterocycles. The smallest absolute Gasteiger partial charge is 0.116 e. The van der Waals surface area contributed by atoms with Crippen LogP contribution in [0, 0.1) is 3.57 Å². The van der Waals surface area contributed by atoms with Crippen molar-refractivity contribution in [3.05, 3.63) is 58.2 Å². The maximum Gasteiger partial charge on any atom is 0.116 e. The van der Waals surface area contributed by atoms with Gasteiger partial charge in [-0.2, -0.15) is 0 Å². The standard InChI is InChI=1S/C18H11BIN/c19-15-9-14-12-7-2-1-5-10(12)11-6-3-4-8-13(11)16(14)17(20)18(15)21/h1-9H,21H2. The fraction of sp³-hybridized carbons (Fsp3) is 0. The van der Waals surface area contributed by atoms with Crippen molar-refractivity contribution in [1.29, 1.82) is 0 Å². The van der Waals surface area contributed by atoms with E-state index < -0.39 is 0 Å². The molecule has 0 heterocycles. The zero-order valence-corrected chi connectivity index (χ0v) is 13.4. The van der Waals surface area contributed by atoms with Crippen LogP contribution in [0.2, 0.25) is 0 Å². The summed E-state index contributed by atoms with van der Waals surface area (Å²) >= 11 is 2.30. The summed E-state index contributed by atoms with van der Waals surface area (Å²) in [6, 6.07) is 18.9. The van der Waals surface area contributed by atoms with Crippen LogP contribution in [0.15, 0.2) is 54.6 Å². The third kappa shape index (κ3) is 1.77. The average molecular weight is 379 g/mol. The number of hydrogen-bond acceptors (Lipinski definition) is 1. The Labute approximate surface area is 137 Å². The third-order valence-electron chi connectivity index (χ3n) is 4.04. The van der Waals surface area contributed by atoms with Crippen molar-refractivity contribution in [2.75, 3.05) is 5.73 Å². The van der Waals surface area contributed by atoms with Crippen molar-refractivity contribution in [3.63, 3.8) is 0 Å². The second kappa shape index (κ2) is 4.63. The molecule has 0 aliphatic carbocycles. The Balaban J connectivity index is 2.46. The first kappa shape index (κ1) is 13.0. The van der Waals surface area contributed by atoms with Gasteiger partial charge in [0, 0.05) is 14.6 Å². The molecule has 4 aromatic carbocycles. The minimum Gasteiger partial charge on any atom is -0.398 e. The zero-order valence-electron chi connectivity index (χ0n) is 11.2. The van der Waals surface area contributed by atoms with Gasteiger partial charge in [-0.25, -0.2) is 0 Å². The Morgan fingerprint density at radius 2 is 1.24 bits per heavy atom. The Kier molecular flexibility index (Phi) is 2.86. The Bertz CT molecular complexity index is 1020. The summed E-state index contributed by atoms with van der Waals surface area (Å²) in [7, 11) is 6.09. The minimum atomic E-state index is 0.646. The van der Waals surface area contributed by atoms with Gasteiger partial charge in [-0.1, -0.05) is 60.1 Å². The fourth-order valence-electron chi connectivity index (χ4n) is 3.05. The number of nitrogen functional groups attached to an aromatic ring is 1. The van der Waals surface area contributed by atoms with E-state index in [9.17, 15) is 0 Å². The number of benzene rings is 4. The minimum absolute atomic E-state index is 0.646. The van der Waals surface area contributed by atoms with Gasteiger partial charge in [0.05, 0.1) is 0 Å².